The van der Waals surface area contributed by atoms with Crippen molar-refractivity contribution in [1.82, 2.24) is 0 Å². The van der Waals surface area contributed by atoms with Gasteiger partial charge in [0, 0.05) is 5.69 Å². The van der Waals surface area contributed by atoms with Gasteiger partial charge in [0.1, 0.15) is 6.07 Å². The average molecular weight is 206 g/mol. The molecule has 76 valence electrons. The molecule has 1 aromatic rings. The van der Waals surface area contributed by atoms with Crippen molar-refractivity contribution in [2.75, 3.05) is 5.73 Å². The molecule has 0 aromatic heterocycles. The Morgan fingerprint density at radius 1 is 1.20 bits per heavy atom. The second-order valence-electron chi connectivity index (χ2n) is 2.67. The Labute approximate surface area is 84.2 Å². The van der Waals surface area contributed by atoms with E-state index in [1.165, 1.54) is 12.1 Å². The number of benzene rings is 1. The zero-order chi connectivity index (χ0) is 11.6. The van der Waals surface area contributed by atoms with E-state index >= 15 is 0 Å². The van der Waals surface area contributed by atoms with E-state index in [2.05, 4.69) is 0 Å². The summed E-state index contributed by atoms with van der Waals surface area (Å²) in [5.74, 6) is -2.96. The van der Waals surface area contributed by atoms with E-state index in [1.54, 1.807) is 6.07 Å². The van der Waals surface area contributed by atoms with Crippen molar-refractivity contribution < 1.29 is 19.8 Å². The van der Waals surface area contributed by atoms with Gasteiger partial charge in [0.15, 0.2) is 0 Å². The Balaban J connectivity index is 3.68. The zero-order valence-corrected chi connectivity index (χ0v) is 7.39. The van der Waals surface area contributed by atoms with Crippen LogP contribution >= 0.6 is 0 Å². The van der Waals surface area contributed by atoms with Crippen LogP contribution in [0, 0.1) is 11.3 Å². The molecule has 0 unspecified atom stereocenters. The van der Waals surface area contributed by atoms with Crippen LogP contribution in [0.2, 0.25) is 0 Å². The first-order chi connectivity index (χ1) is 6.99. The summed E-state index contributed by atoms with van der Waals surface area (Å²) in [6.07, 6.45) is 0. The molecule has 0 bridgehead atoms. The molecule has 0 aliphatic rings. The molecule has 6 heteroatoms. The highest BCUT2D eigenvalue weighted by atomic mass is 16.4. The predicted octanol–water partition coefficient (Wildman–Crippen LogP) is 0.537. The van der Waals surface area contributed by atoms with Gasteiger partial charge in [-0.1, -0.05) is 0 Å². The van der Waals surface area contributed by atoms with E-state index in [0.29, 0.717) is 0 Å². The highest BCUT2D eigenvalue weighted by molar-refractivity contribution is 6.07. The van der Waals surface area contributed by atoms with Crippen LogP contribution in [-0.4, -0.2) is 22.2 Å². The maximum absolute atomic E-state index is 10.8. The molecule has 1 aromatic carbocycles. The summed E-state index contributed by atoms with van der Waals surface area (Å²) in [5.41, 5.74) is 3.79. The van der Waals surface area contributed by atoms with Crippen molar-refractivity contribution in [3.05, 3.63) is 28.8 Å². The second kappa shape index (κ2) is 3.67. The van der Waals surface area contributed by atoms with Crippen LogP contribution in [0.25, 0.3) is 0 Å². The number of nitrogen functional groups attached to an aromatic ring is 1. The number of hydrogen-bond acceptors (Lipinski definition) is 4. The molecule has 6 nitrogen and oxygen atoms in total. The van der Waals surface area contributed by atoms with Gasteiger partial charge in [0.25, 0.3) is 0 Å². The number of carbonyl (C=O) groups is 2. The fourth-order valence-electron chi connectivity index (χ4n) is 1.16. The van der Waals surface area contributed by atoms with E-state index in [0.717, 1.165) is 0 Å². The van der Waals surface area contributed by atoms with Gasteiger partial charge >= 0.3 is 11.9 Å². The van der Waals surface area contributed by atoms with E-state index in [9.17, 15) is 9.59 Å². The van der Waals surface area contributed by atoms with Gasteiger partial charge in [-0.3, -0.25) is 0 Å². The van der Waals surface area contributed by atoms with Crippen LogP contribution in [0.5, 0.6) is 0 Å². The molecule has 4 N–H and O–H groups in total. The Hall–Kier alpha value is -2.55. The first kappa shape index (κ1) is 10.5. The lowest BCUT2D eigenvalue weighted by Gasteiger charge is -2.06. The van der Waals surface area contributed by atoms with Crippen molar-refractivity contribution in [2.45, 2.75) is 0 Å². The number of aromatic carboxylic acids is 2. The molecule has 0 saturated carbocycles. The number of hydrogen-bond donors (Lipinski definition) is 3. The van der Waals surface area contributed by atoms with E-state index in [1.807, 2.05) is 0 Å². The van der Waals surface area contributed by atoms with Crippen LogP contribution < -0.4 is 5.73 Å². The van der Waals surface area contributed by atoms with Crippen molar-refractivity contribution in [3.8, 4) is 6.07 Å². The van der Waals surface area contributed by atoms with E-state index < -0.39 is 23.1 Å². The lowest BCUT2D eigenvalue weighted by molar-refractivity contribution is 0.0652. The molecule has 1 rings (SSSR count). The summed E-state index contributed by atoms with van der Waals surface area (Å²) < 4.78 is 0. The van der Waals surface area contributed by atoms with Crippen LogP contribution in [0.15, 0.2) is 12.1 Å². The summed E-state index contributed by atoms with van der Waals surface area (Å²) >= 11 is 0. The summed E-state index contributed by atoms with van der Waals surface area (Å²) in [7, 11) is 0. The number of rotatable bonds is 2. The second-order valence-corrected chi connectivity index (χ2v) is 2.67. The minimum absolute atomic E-state index is 0.182. The zero-order valence-electron chi connectivity index (χ0n) is 7.39. The third-order valence-electron chi connectivity index (χ3n) is 1.79. The lowest BCUT2D eigenvalue weighted by atomic mass is 10.00. The van der Waals surface area contributed by atoms with Gasteiger partial charge in [0.05, 0.1) is 16.7 Å². The highest BCUT2D eigenvalue weighted by Crippen LogP contribution is 2.21. The molecular formula is C9H6N2O4. The Morgan fingerprint density at radius 3 is 2.13 bits per heavy atom. The normalized spacial score (nSPS) is 9.27. The summed E-state index contributed by atoms with van der Waals surface area (Å²) in [4.78, 5) is 21.6. The van der Waals surface area contributed by atoms with Crippen molar-refractivity contribution in [2.24, 2.45) is 0 Å². The molecule has 0 radical (unpaired) electrons. The molecule has 0 saturated heterocycles. The maximum atomic E-state index is 10.8. The Kier molecular flexibility index (Phi) is 2.58. The number of anilines is 1. The van der Waals surface area contributed by atoms with E-state index in [-0.39, 0.29) is 11.3 Å². The smallest absolute Gasteiger partial charge is 0.338 e. The average Bonchev–Trinajstić information content (AvgIpc) is 2.16. The van der Waals surface area contributed by atoms with Gasteiger partial charge in [-0.15, -0.1) is 0 Å². The Morgan fingerprint density at radius 2 is 1.73 bits per heavy atom. The first-order valence-corrected chi connectivity index (χ1v) is 3.78. The molecule has 0 heterocycles. The van der Waals surface area contributed by atoms with Crippen molar-refractivity contribution >= 4 is 17.6 Å². The van der Waals surface area contributed by atoms with Crippen molar-refractivity contribution in [3.63, 3.8) is 0 Å². The fourth-order valence-corrected chi connectivity index (χ4v) is 1.16. The minimum Gasteiger partial charge on any atom is -0.478 e. The molecule has 15 heavy (non-hydrogen) atoms. The van der Waals surface area contributed by atoms with Gasteiger partial charge in [-0.05, 0) is 12.1 Å². The minimum atomic E-state index is -1.49. The molecule has 0 amide bonds. The third kappa shape index (κ3) is 1.71. The predicted molar refractivity (Wildman–Crippen MR) is 49.5 cm³/mol. The van der Waals surface area contributed by atoms with Crippen LogP contribution in [-0.2, 0) is 0 Å². The molecule has 0 atom stereocenters. The highest BCUT2D eigenvalue weighted by Gasteiger charge is 2.22. The molecule has 0 fully saturated rings. The Bertz CT molecular complexity index is 488. The van der Waals surface area contributed by atoms with Gasteiger partial charge in [-0.25, -0.2) is 9.59 Å². The van der Waals surface area contributed by atoms with Crippen LogP contribution in [0.3, 0.4) is 0 Å². The molecular weight excluding hydrogens is 200 g/mol. The molecule has 0 spiro atoms. The largest absolute Gasteiger partial charge is 0.478 e. The maximum Gasteiger partial charge on any atom is 0.338 e. The number of carboxylic acid groups (broad SMARTS) is 2. The number of nitrogens with two attached hydrogens (primary N) is 1. The number of nitriles is 1. The summed E-state index contributed by atoms with van der Waals surface area (Å²) in [6.45, 7) is 0. The van der Waals surface area contributed by atoms with Crippen molar-refractivity contribution in [1.29, 1.82) is 5.26 Å². The standard InChI is InChI=1S/C9H6N2O4/c10-3-4-1-2-5(11)7(9(14)15)6(4)8(12)13/h1-2H,11H2,(H,12,13)(H,14,15). The first-order valence-electron chi connectivity index (χ1n) is 3.78. The fraction of sp³-hybridized carbons (Fsp3) is 0. The van der Waals surface area contributed by atoms with Gasteiger partial charge in [-0.2, -0.15) is 5.26 Å². The lowest BCUT2D eigenvalue weighted by Crippen LogP contribution is -2.13. The SMILES string of the molecule is N#Cc1ccc(N)c(C(=O)O)c1C(=O)O. The third-order valence-corrected chi connectivity index (χ3v) is 1.79. The monoisotopic (exact) mass is 206 g/mol. The number of nitrogens with zero attached hydrogens (tertiary/aromatic N) is 1. The topological polar surface area (TPSA) is 124 Å². The van der Waals surface area contributed by atoms with Crippen LogP contribution in [0.1, 0.15) is 26.3 Å². The van der Waals surface area contributed by atoms with Gasteiger partial charge < -0.3 is 15.9 Å². The summed E-state index contributed by atoms with van der Waals surface area (Å²) in [6, 6.07) is 3.96. The van der Waals surface area contributed by atoms with Gasteiger partial charge in [0.2, 0.25) is 0 Å². The summed E-state index contributed by atoms with van der Waals surface area (Å²) in [5, 5.41) is 26.2. The molecule has 0 aliphatic carbocycles. The van der Waals surface area contributed by atoms with Crippen LogP contribution in [0.4, 0.5) is 5.69 Å². The molecule has 0 aliphatic heterocycles. The number of carboxylic acids is 2. The quantitative estimate of drug-likeness (QED) is 0.606. The van der Waals surface area contributed by atoms with E-state index in [4.69, 9.17) is 21.2 Å².